The van der Waals surface area contributed by atoms with Gasteiger partial charge in [-0.3, -0.25) is 0 Å². The SMILES string of the molecule is Cc1ncc(CNc2nc(C(C)(C)C)ns2)s1. The zero-order valence-electron chi connectivity index (χ0n) is 10.4. The Morgan fingerprint density at radius 2 is 2.12 bits per heavy atom. The fourth-order valence-corrected chi connectivity index (χ4v) is 2.74. The molecule has 4 nitrogen and oxygen atoms in total. The fourth-order valence-electron chi connectivity index (χ4n) is 1.25. The summed E-state index contributed by atoms with van der Waals surface area (Å²) in [6, 6.07) is 0. The second kappa shape index (κ2) is 4.70. The Kier molecular flexibility index (Phi) is 3.44. The maximum absolute atomic E-state index is 4.48. The highest BCUT2D eigenvalue weighted by molar-refractivity contribution is 7.11. The van der Waals surface area contributed by atoms with Crippen molar-refractivity contribution in [3.05, 3.63) is 21.9 Å². The second-order valence-electron chi connectivity index (χ2n) is 4.87. The molecule has 0 atom stereocenters. The quantitative estimate of drug-likeness (QED) is 0.928. The number of rotatable bonds is 3. The number of hydrogen-bond acceptors (Lipinski definition) is 6. The summed E-state index contributed by atoms with van der Waals surface area (Å²) in [6.07, 6.45) is 1.90. The van der Waals surface area contributed by atoms with Crippen molar-refractivity contribution < 1.29 is 0 Å². The maximum atomic E-state index is 4.48. The van der Waals surface area contributed by atoms with Crippen LogP contribution in [-0.4, -0.2) is 14.3 Å². The molecule has 92 valence electrons. The highest BCUT2D eigenvalue weighted by Gasteiger charge is 2.19. The van der Waals surface area contributed by atoms with Crippen LogP contribution in [0.2, 0.25) is 0 Å². The van der Waals surface area contributed by atoms with Gasteiger partial charge in [0.2, 0.25) is 5.13 Å². The summed E-state index contributed by atoms with van der Waals surface area (Å²) in [4.78, 5) is 9.92. The van der Waals surface area contributed by atoms with Crippen molar-refractivity contribution in [2.24, 2.45) is 0 Å². The van der Waals surface area contributed by atoms with Crippen LogP contribution < -0.4 is 5.32 Å². The Morgan fingerprint density at radius 1 is 1.35 bits per heavy atom. The molecule has 0 aromatic carbocycles. The van der Waals surface area contributed by atoms with Crippen molar-refractivity contribution >= 4 is 28.0 Å². The van der Waals surface area contributed by atoms with Gasteiger partial charge >= 0.3 is 0 Å². The summed E-state index contributed by atoms with van der Waals surface area (Å²) in [6.45, 7) is 9.13. The Morgan fingerprint density at radius 3 is 2.65 bits per heavy atom. The highest BCUT2D eigenvalue weighted by Crippen LogP contribution is 2.23. The van der Waals surface area contributed by atoms with Crippen molar-refractivity contribution in [1.29, 1.82) is 0 Å². The summed E-state index contributed by atoms with van der Waals surface area (Å²) < 4.78 is 4.36. The molecule has 6 heteroatoms. The first-order chi connectivity index (χ1) is 7.95. The summed E-state index contributed by atoms with van der Waals surface area (Å²) in [5.41, 5.74) is 0.0114. The largest absolute Gasteiger partial charge is 0.355 e. The molecule has 0 saturated carbocycles. The van der Waals surface area contributed by atoms with Crippen LogP contribution in [0.3, 0.4) is 0 Å². The lowest BCUT2D eigenvalue weighted by Gasteiger charge is -2.12. The average molecular weight is 268 g/mol. The monoisotopic (exact) mass is 268 g/mol. The predicted molar refractivity (Wildman–Crippen MR) is 72.8 cm³/mol. The minimum atomic E-state index is 0.0114. The van der Waals surface area contributed by atoms with Crippen LogP contribution in [0.25, 0.3) is 0 Å². The summed E-state index contributed by atoms with van der Waals surface area (Å²) in [5.74, 6) is 0.894. The third-order valence-electron chi connectivity index (χ3n) is 2.18. The smallest absolute Gasteiger partial charge is 0.202 e. The molecule has 1 N–H and O–H groups in total. The fraction of sp³-hybridized carbons (Fsp3) is 0.545. The van der Waals surface area contributed by atoms with Crippen LogP contribution in [-0.2, 0) is 12.0 Å². The van der Waals surface area contributed by atoms with E-state index in [2.05, 4.69) is 40.4 Å². The minimum Gasteiger partial charge on any atom is -0.355 e. The zero-order chi connectivity index (χ0) is 12.5. The van der Waals surface area contributed by atoms with Crippen molar-refractivity contribution in [3.63, 3.8) is 0 Å². The van der Waals surface area contributed by atoms with E-state index >= 15 is 0 Å². The predicted octanol–water partition coefficient (Wildman–Crippen LogP) is 3.21. The number of thiazole rings is 1. The third kappa shape index (κ3) is 3.23. The summed E-state index contributed by atoms with van der Waals surface area (Å²) >= 11 is 3.12. The van der Waals surface area contributed by atoms with E-state index < -0.39 is 0 Å². The van der Waals surface area contributed by atoms with Crippen LogP contribution in [0.5, 0.6) is 0 Å². The van der Waals surface area contributed by atoms with E-state index in [1.54, 1.807) is 11.3 Å². The molecule has 0 fully saturated rings. The Labute approximate surface area is 109 Å². The lowest BCUT2D eigenvalue weighted by molar-refractivity contribution is 0.555. The van der Waals surface area contributed by atoms with Gasteiger partial charge in [0.1, 0.15) is 5.82 Å². The summed E-state index contributed by atoms with van der Waals surface area (Å²) in [5, 5.41) is 5.25. The number of nitrogens with zero attached hydrogens (tertiary/aromatic N) is 3. The van der Waals surface area contributed by atoms with Crippen LogP contribution in [0.4, 0.5) is 5.13 Å². The normalized spacial score (nSPS) is 11.8. The molecule has 0 amide bonds. The molecule has 0 aliphatic carbocycles. The first-order valence-electron chi connectivity index (χ1n) is 5.44. The van der Waals surface area contributed by atoms with Gasteiger partial charge in [-0.05, 0) is 6.92 Å². The van der Waals surface area contributed by atoms with E-state index in [0.717, 1.165) is 22.5 Å². The number of nitrogens with one attached hydrogen (secondary N) is 1. The van der Waals surface area contributed by atoms with Gasteiger partial charge in [0, 0.05) is 28.0 Å². The minimum absolute atomic E-state index is 0.0114. The molecule has 0 unspecified atom stereocenters. The molecule has 2 aromatic rings. The average Bonchev–Trinajstić information content (AvgIpc) is 2.82. The van der Waals surface area contributed by atoms with Gasteiger partial charge in [0.15, 0.2) is 0 Å². The molecular weight excluding hydrogens is 252 g/mol. The van der Waals surface area contributed by atoms with Crippen LogP contribution in [0.1, 0.15) is 36.5 Å². The Hall–Kier alpha value is -1.01. The van der Waals surface area contributed by atoms with Crippen molar-refractivity contribution in [1.82, 2.24) is 14.3 Å². The van der Waals surface area contributed by atoms with E-state index in [1.165, 1.54) is 16.4 Å². The first-order valence-corrected chi connectivity index (χ1v) is 7.03. The van der Waals surface area contributed by atoms with Crippen molar-refractivity contribution in [2.45, 2.75) is 39.7 Å². The van der Waals surface area contributed by atoms with E-state index in [9.17, 15) is 0 Å². The number of anilines is 1. The molecule has 0 spiro atoms. The van der Waals surface area contributed by atoms with Gasteiger partial charge in [-0.1, -0.05) is 20.8 Å². The zero-order valence-corrected chi connectivity index (χ0v) is 12.1. The van der Waals surface area contributed by atoms with E-state index in [1.807, 2.05) is 13.1 Å². The maximum Gasteiger partial charge on any atom is 0.202 e. The van der Waals surface area contributed by atoms with Crippen molar-refractivity contribution in [3.8, 4) is 0 Å². The molecule has 0 aliphatic heterocycles. The lowest BCUT2D eigenvalue weighted by atomic mass is 9.96. The first kappa shape index (κ1) is 12.4. The van der Waals surface area contributed by atoms with Crippen LogP contribution >= 0.6 is 22.9 Å². The van der Waals surface area contributed by atoms with Crippen LogP contribution in [0.15, 0.2) is 6.20 Å². The van der Waals surface area contributed by atoms with Gasteiger partial charge in [0.05, 0.1) is 11.6 Å². The molecule has 2 heterocycles. The third-order valence-corrected chi connectivity index (χ3v) is 3.77. The number of aromatic nitrogens is 3. The van der Waals surface area contributed by atoms with Crippen molar-refractivity contribution in [2.75, 3.05) is 5.32 Å². The van der Waals surface area contributed by atoms with Gasteiger partial charge in [-0.2, -0.15) is 4.37 Å². The molecule has 0 radical (unpaired) electrons. The standard InChI is InChI=1S/C11H16N4S2/c1-7-12-5-8(16-7)6-13-10-14-9(15-17-10)11(2,3)4/h5H,6H2,1-4H3,(H,13,14,15). The van der Waals surface area contributed by atoms with Gasteiger partial charge in [-0.15, -0.1) is 11.3 Å². The van der Waals surface area contributed by atoms with E-state index in [-0.39, 0.29) is 5.41 Å². The topological polar surface area (TPSA) is 50.7 Å². The second-order valence-corrected chi connectivity index (χ2v) is 6.94. The van der Waals surface area contributed by atoms with Gasteiger partial charge in [-0.25, -0.2) is 9.97 Å². The molecule has 2 aromatic heterocycles. The molecule has 2 rings (SSSR count). The van der Waals surface area contributed by atoms with Gasteiger partial charge in [0.25, 0.3) is 0 Å². The summed E-state index contributed by atoms with van der Waals surface area (Å²) in [7, 11) is 0. The molecule has 0 saturated heterocycles. The molecule has 17 heavy (non-hydrogen) atoms. The number of hydrogen-bond donors (Lipinski definition) is 1. The molecular formula is C11H16N4S2. The molecule has 0 bridgehead atoms. The van der Waals surface area contributed by atoms with E-state index in [4.69, 9.17) is 0 Å². The van der Waals surface area contributed by atoms with E-state index in [0.29, 0.717) is 0 Å². The molecule has 0 aliphatic rings. The Bertz CT molecular complexity index is 496. The highest BCUT2D eigenvalue weighted by atomic mass is 32.1. The lowest BCUT2D eigenvalue weighted by Crippen LogP contribution is -2.13. The van der Waals surface area contributed by atoms with Gasteiger partial charge < -0.3 is 5.32 Å². The van der Waals surface area contributed by atoms with Crippen LogP contribution in [0, 0.1) is 6.92 Å². The Balaban J connectivity index is 1.98. The number of aryl methyl sites for hydroxylation is 1.